The lowest BCUT2D eigenvalue weighted by molar-refractivity contribution is 0.171. The van der Waals surface area contributed by atoms with Crippen molar-refractivity contribution in [3.05, 3.63) is 101 Å². The first kappa shape index (κ1) is 24.8. The fraction of sp³-hybridized carbons (Fsp3) is 0.344. The molecule has 2 aromatic carbocycles. The highest BCUT2D eigenvalue weighted by molar-refractivity contribution is 5.83. The van der Waals surface area contributed by atoms with Crippen molar-refractivity contribution in [2.45, 2.75) is 59.0 Å². The Hall–Kier alpha value is -3.29. The number of piperidine rings is 1. The van der Waals surface area contributed by atoms with Gasteiger partial charge in [-0.25, -0.2) is 4.39 Å². The van der Waals surface area contributed by atoms with E-state index in [-0.39, 0.29) is 11.9 Å². The molecular weight excluding hydrogens is 433 g/mol. The lowest BCUT2D eigenvalue weighted by Crippen LogP contribution is -2.38. The highest BCUT2D eigenvalue weighted by Crippen LogP contribution is 2.39. The molecule has 1 aliphatic heterocycles. The van der Waals surface area contributed by atoms with Crippen LogP contribution in [0, 0.1) is 12.7 Å². The number of hydrogen-bond donors (Lipinski definition) is 0. The monoisotopic (exact) mass is 469 g/mol. The quantitative estimate of drug-likeness (QED) is 0.377. The van der Waals surface area contributed by atoms with Crippen LogP contribution >= 0.6 is 0 Å². The average Bonchev–Trinajstić information content (AvgIpc) is 2.88. The van der Waals surface area contributed by atoms with Crippen LogP contribution in [0.25, 0.3) is 11.6 Å². The lowest BCUT2D eigenvalue weighted by Gasteiger charge is -2.34. The summed E-state index contributed by atoms with van der Waals surface area (Å²) in [5.41, 5.74) is 12.4. The van der Waals surface area contributed by atoms with E-state index in [9.17, 15) is 4.39 Å². The lowest BCUT2D eigenvalue weighted by atomic mass is 9.82. The van der Waals surface area contributed by atoms with Crippen molar-refractivity contribution < 1.29 is 9.13 Å². The van der Waals surface area contributed by atoms with E-state index < -0.39 is 0 Å². The van der Waals surface area contributed by atoms with Gasteiger partial charge in [0.05, 0.1) is 0 Å². The Morgan fingerprint density at radius 2 is 1.97 bits per heavy atom. The molecule has 2 aliphatic rings. The van der Waals surface area contributed by atoms with Gasteiger partial charge in [-0.3, -0.25) is 0 Å². The van der Waals surface area contributed by atoms with E-state index in [0.29, 0.717) is 5.56 Å². The van der Waals surface area contributed by atoms with Crippen LogP contribution in [0.4, 0.5) is 10.1 Å². The molecule has 3 heteroatoms. The van der Waals surface area contributed by atoms with E-state index in [1.807, 2.05) is 6.07 Å². The van der Waals surface area contributed by atoms with Crippen molar-refractivity contribution >= 4 is 17.3 Å². The second-order valence-electron chi connectivity index (χ2n) is 9.46. The standard InChI is InChI=1S/C32H36FNO/c1-6-22(4)29-10-9-11-31(28(29)8-3)30-15-14-27(20-23(30)5)35-26-16-18-34(19-17-26)25-13-12-24(7-2)32(33)21-25/h7,11-15,20-21,26H,1-2,8-10,16-19H2,3-5H3. The first-order chi connectivity index (χ1) is 16.9. The van der Waals surface area contributed by atoms with Crippen LogP contribution in [0.1, 0.15) is 62.6 Å². The Morgan fingerprint density at radius 3 is 2.60 bits per heavy atom. The molecule has 0 unspecified atom stereocenters. The molecular formula is C32H36FNO. The minimum atomic E-state index is -0.219. The van der Waals surface area contributed by atoms with E-state index in [1.54, 1.807) is 18.2 Å². The first-order valence-corrected chi connectivity index (χ1v) is 12.7. The summed E-state index contributed by atoms with van der Waals surface area (Å²) in [5, 5.41) is 0. The Bertz CT molecular complexity index is 1220. The number of hydrogen-bond acceptors (Lipinski definition) is 2. The molecule has 0 radical (unpaired) electrons. The summed E-state index contributed by atoms with van der Waals surface area (Å²) in [5.74, 6) is 0.704. The second kappa shape index (κ2) is 11.0. The van der Waals surface area contributed by atoms with Crippen LogP contribution in [0.5, 0.6) is 5.75 Å². The number of anilines is 1. The van der Waals surface area contributed by atoms with Crippen LogP contribution < -0.4 is 9.64 Å². The topological polar surface area (TPSA) is 12.5 Å². The molecule has 35 heavy (non-hydrogen) atoms. The molecule has 1 heterocycles. The van der Waals surface area contributed by atoms with Gasteiger partial charge in [-0.15, -0.1) is 5.73 Å². The largest absolute Gasteiger partial charge is 0.490 e. The number of halogens is 1. The van der Waals surface area contributed by atoms with Gasteiger partial charge in [0.1, 0.15) is 17.7 Å². The average molecular weight is 470 g/mol. The van der Waals surface area contributed by atoms with Crippen molar-refractivity contribution in [2.75, 3.05) is 18.0 Å². The SMILES string of the molecule is C=C=C(C)C1=C(CC)C(c2ccc(OC3CCN(c4ccc(C=C)c(F)c4)CC3)cc2C)=CCC1. The number of nitrogens with zero attached hydrogens (tertiary/aromatic N) is 1. The third-order valence-electron chi connectivity index (χ3n) is 7.31. The zero-order valence-corrected chi connectivity index (χ0v) is 21.3. The van der Waals surface area contributed by atoms with Crippen LogP contribution in [-0.2, 0) is 0 Å². The molecule has 0 N–H and O–H groups in total. The van der Waals surface area contributed by atoms with Gasteiger partial charge in [0, 0.05) is 37.2 Å². The van der Waals surface area contributed by atoms with Crippen LogP contribution in [-0.4, -0.2) is 19.2 Å². The molecule has 4 rings (SSSR count). The predicted octanol–water partition coefficient (Wildman–Crippen LogP) is 8.44. The molecule has 0 spiro atoms. The molecule has 182 valence electrons. The van der Waals surface area contributed by atoms with Crippen LogP contribution in [0.2, 0.25) is 0 Å². The number of ether oxygens (including phenoxy) is 1. The van der Waals surface area contributed by atoms with Gasteiger partial charge in [-0.05, 0) is 90.8 Å². The molecule has 0 atom stereocenters. The van der Waals surface area contributed by atoms with E-state index in [0.717, 1.165) is 62.2 Å². The number of benzene rings is 2. The number of rotatable bonds is 7. The smallest absolute Gasteiger partial charge is 0.132 e. The zero-order valence-electron chi connectivity index (χ0n) is 21.3. The van der Waals surface area contributed by atoms with Gasteiger partial charge in [0.15, 0.2) is 0 Å². The third kappa shape index (κ3) is 5.36. The number of aryl methyl sites for hydroxylation is 1. The second-order valence-corrected chi connectivity index (χ2v) is 9.46. The van der Waals surface area contributed by atoms with Crippen LogP contribution in [0.3, 0.4) is 0 Å². The molecule has 0 aromatic heterocycles. The molecule has 1 aliphatic carbocycles. The Kier molecular flexibility index (Phi) is 7.78. The van der Waals surface area contributed by atoms with Crippen molar-refractivity contribution in [3.8, 4) is 5.75 Å². The van der Waals surface area contributed by atoms with Gasteiger partial charge in [-0.2, -0.15) is 0 Å². The molecule has 0 bridgehead atoms. The maximum atomic E-state index is 14.2. The maximum Gasteiger partial charge on any atom is 0.132 e. The minimum Gasteiger partial charge on any atom is -0.490 e. The Labute approximate surface area is 209 Å². The molecule has 1 saturated heterocycles. The highest BCUT2D eigenvalue weighted by atomic mass is 19.1. The van der Waals surface area contributed by atoms with Gasteiger partial charge in [0.2, 0.25) is 0 Å². The summed E-state index contributed by atoms with van der Waals surface area (Å²) in [6.45, 7) is 15.7. The summed E-state index contributed by atoms with van der Waals surface area (Å²) >= 11 is 0. The number of allylic oxidation sites excluding steroid dienone is 5. The van der Waals surface area contributed by atoms with Crippen molar-refractivity contribution in [3.63, 3.8) is 0 Å². The van der Waals surface area contributed by atoms with E-state index >= 15 is 0 Å². The van der Waals surface area contributed by atoms with Gasteiger partial charge >= 0.3 is 0 Å². The van der Waals surface area contributed by atoms with Gasteiger partial charge in [-0.1, -0.05) is 44.4 Å². The Morgan fingerprint density at radius 1 is 1.20 bits per heavy atom. The summed E-state index contributed by atoms with van der Waals surface area (Å²) in [4.78, 5) is 2.23. The minimum absolute atomic E-state index is 0.167. The first-order valence-electron chi connectivity index (χ1n) is 12.7. The van der Waals surface area contributed by atoms with E-state index in [2.05, 4.69) is 68.8 Å². The predicted molar refractivity (Wildman–Crippen MR) is 146 cm³/mol. The third-order valence-corrected chi connectivity index (χ3v) is 7.31. The fourth-order valence-corrected chi connectivity index (χ4v) is 5.31. The van der Waals surface area contributed by atoms with Gasteiger partial charge < -0.3 is 9.64 Å². The van der Waals surface area contributed by atoms with E-state index in [4.69, 9.17) is 4.74 Å². The van der Waals surface area contributed by atoms with E-state index in [1.165, 1.54) is 27.8 Å². The molecule has 0 amide bonds. The summed E-state index contributed by atoms with van der Waals surface area (Å²) in [7, 11) is 0. The summed E-state index contributed by atoms with van der Waals surface area (Å²) in [6.07, 6.45) is 9.02. The summed E-state index contributed by atoms with van der Waals surface area (Å²) in [6, 6.07) is 11.9. The Balaban J connectivity index is 1.43. The molecule has 2 aromatic rings. The highest BCUT2D eigenvalue weighted by Gasteiger charge is 2.23. The van der Waals surface area contributed by atoms with Crippen molar-refractivity contribution in [2.24, 2.45) is 0 Å². The molecule has 0 saturated carbocycles. The maximum absolute atomic E-state index is 14.2. The fourth-order valence-electron chi connectivity index (χ4n) is 5.31. The normalized spacial score (nSPS) is 16.6. The van der Waals surface area contributed by atoms with Gasteiger partial charge in [0.25, 0.3) is 0 Å². The van der Waals surface area contributed by atoms with Crippen LogP contribution in [0.15, 0.2) is 78.1 Å². The zero-order chi connectivity index (χ0) is 24.9. The summed E-state index contributed by atoms with van der Waals surface area (Å²) < 4.78 is 20.5. The van der Waals surface area contributed by atoms with Crippen molar-refractivity contribution in [1.82, 2.24) is 0 Å². The molecule has 1 fully saturated rings. The van der Waals surface area contributed by atoms with Crippen molar-refractivity contribution in [1.29, 1.82) is 0 Å². The molecule has 2 nitrogen and oxygen atoms in total.